The molecular formula is C8H2F5N3O3. The number of nitrogens with zero attached hydrogens (tertiary/aromatic N) is 3. The highest BCUT2D eigenvalue weighted by Crippen LogP contribution is 2.39. The van der Waals surface area contributed by atoms with Crippen LogP contribution in [0.4, 0.5) is 27.6 Å². The van der Waals surface area contributed by atoms with E-state index < -0.39 is 40.4 Å². The molecule has 0 aliphatic carbocycles. The van der Waals surface area contributed by atoms with Crippen molar-refractivity contribution in [1.82, 2.24) is 4.98 Å². The summed E-state index contributed by atoms with van der Waals surface area (Å²) in [6.07, 6.45) is -8.69. The van der Waals surface area contributed by atoms with Crippen LogP contribution in [0, 0.1) is 21.4 Å². The van der Waals surface area contributed by atoms with Crippen LogP contribution in [-0.2, 0) is 0 Å². The van der Waals surface area contributed by atoms with Gasteiger partial charge in [-0.25, -0.2) is 13.8 Å². The molecule has 0 atom stereocenters. The summed E-state index contributed by atoms with van der Waals surface area (Å²) in [5.41, 5.74) is -4.20. The monoisotopic (exact) mass is 283 g/mol. The minimum Gasteiger partial charge on any atom is -0.397 e. The fourth-order valence-corrected chi connectivity index (χ4v) is 1.18. The lowest BCUT2D eigenvalue weighted by Crippen LogP contribution is -2.19. The zero-order valence-corrected chi connectivity index (χ0v) is 8.61. The predicted octanol–water partition coefficient (Wildman–Crippen LogP) is 2.70. The fourth-order valence-electron chi connectivity index (χ4n) is 1.18. The quantitative estimate of drug-likeness (QED) is 0.483. The van der Waals surface area contributed by atoms with E-state index in [9.17, 15) is 32.1 Å². The van der Waals surface area contributed by atoms with Crippen LogP contribution in [0.25, 0.3) is 0 Å². The molecule has 0 unspecified atom stereocenters. The molecule has 0 aliphatic heterocycles. The van der Waals surface area contributed by atoms with E-state index in [0.717, 1.165) is 6.07 Å². The smallest absolute Gasteiger partial charge is 0.397 e. The molecule has 0 aliphatic rings. The molecule has 11 heteroatoms. The van der Waals surface area contributed by atoms with Gasteiger partial charge in [-0.3, -0.25) is 10.1 Å². The second-order valence-corrected chi connectivity index (χ2v) is 2.95. The van der Waals surface area contributed by atoms with Crippen molar-refractivity contribution in [2.75, 3.05) is 0 Å². The molecule has 0 spiro atoms. The summed E-state index contributed by atoms with van der Waals surface area (Å²) in [6, 6.07) is 1.13. The Morgan fingerprint density at radius 2 is 2.05 bits per heavy atom. The minimum absolute atomic E-state index is 0.191. The van der Waals surface area contributed by atoms with Crippen molar-refractivity contribution in [3.63, 3.8) is 0 Å². The van der Waals surface area contributed by atoms with E-state index in [-0.39, 0.29) is 6.20 Å². The van der Waals surface area contributed by atoms with Crippen LogP contribution in [0.1, 0.15) is 17.7 Å². The number of pyridine rings is 1. The van der Waals surface area contributed by atoms with Crippen LogP contribution in [0.3, 0.4) is 0 Å². The highest BCUT2D eigenvalue weighted by Gasteiger charge is 2.38. The summed E-state index contributed by atoms with van der Waals surface area (Å²) in [4.78, 5) is 12.1. The van der Waals surface area contributed by atoms with Crippen LogP contribution in [0.2, 0.25) is 0 Å². The number of nitro groups is 1. The van der Waals surface area contributed by atoms with Gasteiger partial charge < -0.3 is 4.74 Å². The van der Waals surface area contributed by atoms with Crippen LogP contribution in [0.15, 0.2) is 6.20 Å². The zero-order chi connectivity index (χ0) is 14.8. The van der Waals surface area contributed by atoms with Crippen molar-refractivity contribution in [3.8, 4) is 11.8 Å². The summed E-state index contributed by atoms with van der Waals surface area (Å²) in [7, 11) is 0. The van der Waals surface area contributed by atoms with E-state index in [4.69, 9.17) is 5.26 Å². The van der Waals surface area contributed by atoms with E-state index >= 15 is 0 Å². The first-order chi connectivity index (χ1) is 8.67. The Morgan fingerprint density at radius 3 is 2.42 bits per heavy atom. The van der Waals surface area contributed by atoms with E-state index in [1.54, 1.807) is 0 Å². The molecule has 0 amide bonds. The van der Waals surface area contributed by atoms with Crippen molar-refractivity contribution in [2.45, 2.75) is 12.8 Å². The third-order valence-corrected chi connectivity index (χ3v) is 1.79. The van der Waals surface area contributed by atoms with Crippen LogP contribution >= 0.6 is 0 Å². The molecule has 0 fully saturated rings. The van der Waals surface area contributed by atoms with E-state index in [1.807, 2.05) is 0 Å². The number of rotatable bonds is 3. The first-order valence-corrected chi connectivity index (χ1v) is 4.28. The summed E-state index contributed by atoms with van der Waals surface area (Å²) in [5, 5.41) is 19.1. The number of alkyl halides is 5. The summed E-state index contributed by atoms with van der Waals surface area (Å²) < 4.78 is 64.4. The Bertz CT molecular complexity index is 552. The molecule has 0 saturated carbocycles. The zero-order valence-electron chi connectivity index (χ0n) is 8.61. The van der Waals surface area contributed by atoms with Gasteiger partial charge in [-0.1, -0.05) is 0 Å². The highest BCUT2D eigenvalue weighted by molar-refractivity contribution is 5.56. The van der Waals surface area contributed by atoms with Crippen molar-refractivity contribution in [3.05, 3.63) is 27.6 Å². The maximum Gasteiger partial charge on any atom is 0.573 e. The van der Waals surface area contributed by atoms with E-state index in [1.165, 1.54) is 0 Å². The Hall–Kier alpha value is -2.51. The molecule has 1 aromatic rings. The number of aromatic nitrogens is 1. The van der Waals surface area contributed by atoms with Gasteiger partial charge >= 0.3 is 12.0 Å². The lowest BCUT2D eigenvalue weighted by atomic mass is 10.1. The van der Waals surface area contributed by atoms with Gasteiger partial charge in [-0.05, 0) is 0 Å². The molecule has 1 aromatic heterocycles. The Labute approximate surface area is 101 Å². The molecule has 1 rings (SSSR count). The molecule has 0 saturated heterocycles. The Balaban J connectivity index is 3.55. The molecule has 6 nitrogen and oxygen atoms in total. The predicted molar refractivity (Wildman–Crippen MR) is 47.2 cm³/mol. The highest BCUT2D eigenvalue weighted by atomic mass is 19.4. The molecular weight excluding hydrogens is 281 g/mol. The van der Waals surface area contributed by atoms with Gasteiger partial charge in [0.1, 0.15) is 11.6 Å². The Kier molecular flexibility index (Phi) is 3.83. The van der Waals surface area contributed by atoms with Crippen LogP contribution in [0.5, 0.6) is 5.75 Å². The topological polar surface area (TPSA) is 89.0 Å². The van der Waals surface area contributed by atoms with E-state index in [2.05, 4.69) is 9.72 Å². The average Bonchev–Trinajstić information content (AvgIpc) is 2.25. The first kappa shape index (κ1) is 14.6. The van der Waals surface area contributed by atoms with Gasteiger partial charge in [0.2, 0.25) is 5.75 Å². The van der Waals surface area contributed by atoms with Crippen LogP contribution in [-0.4, -0.2) is 16.3 Å². The standard InChI is InChI=1S/C8H2F5N3O3/c9-7(10)5-3(1-14)15-2-4(6(5)16(17)18)19-8(11,12)13/h2,7H. The average molecular weight is 283 g/mol. The molecule has 19 heavy (non-hydrogen) atoms. The van der Waals surface area contributed by atoms with Gasteiger partial charge in [0.25, 0.3) is 6.43 Å². The molecule has 102 valence electrons. The maximum atomic E-state index is 12.6. The summed E-state index contributed by atoms with van der Waals surface area (Å²) >= 11 is 0. The van der Waals surface area contributed by atoms with E-state index in [0.29, 0.717) is 0 Å². The summed E-state index contributed by atoms with van der Waals surface area (Å²) in [6.45, 7) is 0. The minimum atomic E-state index is -5.32. The molecule has 1 heterocycles. The molecule has 0 bridgehead atoms. The summed E-state index contributed by atoms with van der Waals surface area (Å²) in [5.74, 6) is -1.51. The van der Waals surface area contributed by atoms with Gasteiger partial charge in [0, 0.05) is 0 Å². The van der Waals surface area contributed by atoms with Crippen LogP contribution < -0.4 is 4.74 Å². The number of hydrogen-bond donors (Lipinski definition) is 0. The number of halogens is 5. The molecule has 0 aromatic carbocycles. The fraction of sp³-hybridized carbons (Fsp3) is 0.250. The maximum absolute atomic E-state index is 12.6. The number of hydrogen-bond acceptors (Lipinski definition) is 5. The Morgan fingerprint density at radius 1 is 1.47 bits per heavy atom. The largest absolute Gasteiger partial charge is 0.573 e. The lowest BCUT2D eigenvalue weighted by Gasteiger charge is -2.11. The molecule has 0 radical (unpaired) electrons. The number of nitriles is 1. The molecule has 0 N–H and O–H groups in total. The second kappa shape index (κ2) is 5.01. The van der Waals surface area contributed by atoms with Crippen molar-refractivity contribution in [1.29, 1.82) is 5.26 Å². The van der Waals surface area contributed by atoms with Gasteiger partial charge in [-0.2, -0.15) is 5.26 Å². The van der Waals surface area contributed by atoms with Crippen molar-refractivity contribution >= 4 is 5.69 Å². The first-order valence-electron chi connectivity index (χ1n) is 4.28. The second-order valence-electron chi connectivity index (χ2n) is 2.95. The SMILES string of the molecule is N#Cc1ncc(OC(F)(F)F)c([N+](=O)[O-])c1C(F)F. The third-order valence-electron chi connectivity index (χ3n) is 1.79. The number of ether oxygens (including phenoxy) is 1. The van der Waals surface area contributed by atoms with Crippen molar-refractivity contribution < 1.29 is 31.6 Å². The van der Waals surface area contributed by atoms with Crippen molar-refractivity contribution in [2.24, 2.45) is 0 Å². The lowest BCUT2D eigenvalue weighted by molar-refractivity contribution is -0.390. The van der Waals surface area contributed by atoms with Gasteiger partial charge in [0.15, 0.2) is 5.69 Å². The normalized spacial score (nSPS) is 11.2. The third kappa shape index (κ3) is 3.24. The van der Waals surface area contributed by atoms with Gasteiger partial charge in [-0.15, -0.1) is 13.2 Å². The van der Waals surface area contributed by atoms with Gasteiger partial charge in [0.05, 0.1) is 11.1 Å².